The number of methoxy groups -OCH3 is 1. The van der Waals surface area contributed by atoms with E-state index in [0.29, 0.717) is 13.0 Å². The molecule has 2 N–H and O–H groups in total. The third kappa shape index (κ3) is 4.01. The number of aliphatic hydroxyl groups is 1. The van der Waals surface area contributed by atoms with Crippen LogP contribution < -0.4 is 5.32 Å². The summed E-state index contributed by atoms with van der Waals surface area (Å²) >= 11 is 0. The molecule has 0 bridgehead atoms. The zero-order valence-electron chi connectivity index (χ0n) is 13.8. The van der Waals surface area contributed by atoms with Gasteiger partial charge in [0.25, 0.3) is 0 Å². The number of rotatable bonds is 4. The van der Waals surface area contributed by atoms with E-state index >= 15 is 0 Å². The summed E-state index contributed by atoms with van der Waals surface area (Å²) in [6.07, 6.45) is 0.0776. The fourth-order valence-corrected chi connectivity index (χ4v) is 2.84. The van der Waals surface area contributed by atoms with Crippen LogP contribution in [0, 0.1) is 0 Å². The van der Waals surface area contributed by atoms with Crippen molar-refractivity contribution in [2.24, 2.45) is 0 Å². The third-order valence-electron chi connectivity index (χ3n) is 4.07. The number of para-hydroxylation sites is 1. The molecule has 1 aliphatic heterocycles. The minimum Gasteiger partial charge on any atom is -0.467 e. The normalized spacial score (nSPS) is 21.7. The monoisotopic (exact) mass is 320 g/mol. The van der Waals surface area contributed by atoms with Crippen molar-refractivity contribution >= 4 is 17.6 Å². The van der Waals surface area contributed by atoms with Crippen LogP contribution in [0.4, 0.5) is 5.69 Å². The van der Waals surface area contributed by atoms with E-state index in [9.17, 15) is 14.7 Å². The quantitative estimate of drug-likeness (QED) is 0.820. The highest BCUT2D eigenvalue weighted by molar-refractivity contribution is 5.92. The highest BCUT2D eigenvalue weighted by atomic mass is 16.5. The van der Waals surface area contributed by atoms with Crippen molar-refractivity contribution in [3.05, 3.63) is 30.3 Å². The van der Waals surface area contributed by atoms with Gasteiger partial charge in [-0.15, -0.1) is 0 Å². The van der Waals surface area contributed by atoms with Crippen LogP contribution in [-0.4, -0.2) is 53.2 Å². The summed E-state index contributed by atoms with van der Waals surface area (Å²) in [7, 11) is 1.29. The summed E-state index contributed by atoms with van der Waals surface area (Å²) in [5, 5.41) is 13.0. The Balaban J connectivity index is 2.17. The molecule has 1 heterocycles. The molecule has 6 nitrogen and oxygen atoms in total. The Morgan fingerprint density at radius 2 is 1.96 bits per heavy atom. The SMILES string of the molecule is COC(=O)[C@@H]1C[C@H](O)CCN1C(=O)C(C)(C)Nc1ccccc1. The molecule has 0 radical (unpaired) electrons. The van der Waals surface area contributed by atoms with Crippen molar-refractivity contribution < 1.29 is 19.4 Å². The van der Waals surface area contributed by atoms with Crippen LogP contribution in [0.25, 0.3) is 0 Å². The molecular formula is C17H24N2O4. The van der Waals surface area contributed by atoms with E-state index in [1.165, 1.54) is 12.0 Å². The molecule has 1 saturated heterocycles. The molecule has 0 aliphatic carbocycles. The van der Waals surface area contributed by atoms with Gasteiger partial charge >= 0.3 is 5.97 Å². The number of carbonyl (C=O) groups excluding carboxylic acids is 2. The van der Waals surface area contributed by atoms with Crippen LogP contribution >= 0.6 is 0 Å². The summed E-state index contributed by atoms with van der Waals surface area (Å²) in [6, 6.07) is 8.70. The van der Waals surface area contributed by atoms with E-state index in [4.69, 9.17) is 4.74 Å². The summed E-state index contributed by atoms with van der Waals surface area (Å²) < 4.78 is 4.79. The number of aliphatic hydroxyl groups excluding tert-OH is 1. The second-order valence-electron chi connectivity index (χ2n) is 6.33. The van der Waals surface area contributed by atoms with Gasteiger partial charge in [-0.25, -0.2) is 4.79 Å². The Morgan fingerprint density at radius 3 is 2.57 bits per heavy atom. The summed E-state index contributed by atoms with van der Waals surface area (Å²) in [5.74, 6) is -0.684. The predicted molar refractivity (Wildman–Crippen MR) is 86.9 cm³/mol. The van der Waals surface area contributed by atoms with Gasteiger partial charge in [0.05, 0.1) is 13.2 Å². The topological polar surface area (TPSA) is 78.9 Å². The van der Waals surface area contributed by atoms with Crippen LogP contribution in [0.1, 0.15) is 26.7 Å². The lowest BCUT2D eigenvalue weighted by Gasteiger charge is -2.40. The smallest absolute Gasteiger partial charge is 0.328 e. The average molecular weight is 320 g/mol. The maximum Gasteiger partial charge on any atom is 0.328 e. The molecule has 6 heteroatoms. The molecule has 1 aromatic rings. The number of ether oxygens (including phenoxy) is 1. The first-order valence-electron chi connectivity index (χ1n) is 7.75. The number of hydrogen-bond acceptors (Lipinski definition) is 5. The van der Waals surface area contributed by atoms with Gasteiger partial charge in [0.1, 0.15) is 11.6 Å². The molecule has 1 fully saturated rings. The zero-order chi connectivity index (χ0) is 17.0. The fourth-order valence-electron chi connectivity index (χ4n) is 2.84. The molecule has 23 heavy (non-hydrogen) atoms. The van der Waals surface area contributed by atoms with Crippen LogP contribution in [0.15, 0.2) is 30.3 Å². The number of anilines is 1. The van der Waals surface area contributed by atoms with Crippen molar-refractivity contribution in [1.82, 2.24) is 4.90 Å². The lowest BCUT2D eigenvalue weighted by molar-refractivity contribution is -0.158. The largest absolute Gasteiger partial charge is 0.467 e. The first kappa shape index (κ1) is 17.3. The number of nitrogens with one attached hydrogen (secondary N) is 1. The molecule has 1 amide bonds. The number of nitrogens with zero attached hydrogens (tertiary/aromatic N) is 1. The average Bonchev–Trinajstić information content (AvgIpc) is 2.54. The lowest BCUT2D eigenvalue weighted by atomic mass is 9.95. The Kier molecular flexibility index (Phi) is 5.26. The lowest BCUT2D eigenvalue weighted by Crippen LogP contribution is -2.58. The Bertz CT molecular complexity index is 559. The minimum atomic E-state index is -0.879. The molecule has 0 unspecified atom stereocenters. The molecule has 0 saturated carbocycles. The zero-order valence-corrected chi connectivity index (χ0v) is 13.8. The predicted octanol–water partition coefficient (Wildman–Crippen LogP) is 1.40. The number of carbonyl (C=O) groups is 2. The van der Waals surface area contributed by atoms with Crippen molar-refractivity contribution in [3.63, 3.8) is 0 Å². The van der Waals surface area contributed by atoms with Crippen molar-refractivity contribution in [1.29, 1.82) is 0 Å². The van der Waals surface area contributed by atoms with Crippen LogP contribution in [-0.2, 0) is 14.3 Å². The van der Waals surface area contributed by atoms with Gasteiger partial charge in [0, 0.05) is 18.7 Å². The second kappa shape index (κ2) is 7.00. The minimum absolute atomic E-state index is 0.191. The number of hydrogen-bond donors (Lipinski definition) is 2. The summed E-state index contributed by atoms with van der Waals surface area (Å²) in [6.45, 7) is 3.89. The number of likely N-dealkylation sites (tertiary alicyclic amines) is 1. The first-order valence-corrected chi connectivity index (χ1v) is 7.75. The van der Waals surface area contributed by atoms with Gasteiger partial charge < -0.3 is 20.1 Å². The molecule has 2 rings (SSSR count). The van der Waals surface area contributed by atoms with Crippen LogP contribution in [0.3, 0.4) is 0 Å². The highest BCUT2D eigenvalue weighted by Gasteiger charge is 2.41. The van der Waals surface area contributed by atoms with Crippen molar-refractivity contribution in [2.45, 2.75) is 44.4 Å². The van der Waals surface area contributed by atoms with Gasteiger partial charge in [0.15, 0.2) is 0 Å². The van der Waals surface area contributed by atoms with Gasteiger partial charge in [-0.05, 0) is 32.4 Å². The first-order chi connectivity index (χ1) is 10.8. The second-order valence-corrected chi connectivity index (χ2v) is 6.33. The van der Waals surface area contributed by atoms with Crippen LogP contribution in [0.2, 0.25) is 0 Å². The highest BCUT2D eigenvalue weighted by Crippen LogP contribution is 2.24. The van der Waals surface area contributed by atoms with Crippen molar-refractivity contribution in [3.8, 4) is 0 Å². The van der Waals surface area contributed by atoms with Crippen molar-refractivity contribution in [2.75, 3.05) is 19.0 Å². The molecule has 0 aromatic heterocycles. The molecule has 126 valence electrons. The molecule has 0 spiro atoms. The maximum atomic E-state index is 12.9. The molecule has 1 aliphatic rings. The molecule has 1 aromatic carbocycles. The fraction of sp³-hybridized carbons (Fsp3) is 0.529. The Labute approximate surface area is 136 Å². The Hall–Kier alpha value is -2.08. The van der Waals surface area contributed by atoms with Gasteiger partial charge in [-0.1, -0.05) is 18.2 Å². The number of piperidine rings is 1. The van der Waals surface area contributed by atoms with Crippen LogP contribution in [0.5, 0.6) is 0 Å². The number of esters is 1. The number of amides is 1. The molecular weight excluding hydrogens is 296 g/mol. The van der Waals surface area contributed by atoms with E-state index in [2.05, 4.69) is 5.32 Å². The van der Waals surface area contributed by atoms with E-state index in [1.54, 1.807) is 13.8 Å². The summed E-state index contributed by atoms with van der Waals surface area (Å²) in [4.78, 5) is 26.4. The standard InChI is InChI=1S/C17H24N2O4/c1-17(2,18-12-7-5-4-6-8-12)16(22)19-10-9-13(20)11-14(19)15(21)23-3/h4-8,13-14,18,20H,9-11H2,1-3H3/t13-,14+/m1/s1. The molecule has 2 atom stereocenters. The van der Waals surface area contributed by atoms with Gasteiger partial charge in [-0.2, -0.15) is 0 Å². The van der Waals surface area contributed by atoms with E-state index in [1.807, 2.05) is 30.3 Å². The van der Waals surface area contributed by atoms with E-state index < -0.39 is 23.7 Å². The summed E-state index contributed by atoms with van der Waals surface area (Å²) in [5.41, 5.74) is -0.0480. The van der Waals surface area contributed by atoms with E-state index in [-0.39, 0.29) is 12.3 Å². The van der Waals surface area contributed by atoms with E-state index in [0.717, 1.165) is 5.69 Å². The number of benzene rings is 1. The van der Waals surface area contributed by atoms with Gasteiger partial charge in [-0.3, -0.25) is 4.79 Å². The van der Waals surface area contributed by atoms with Gasteiger partial charge in [0.2, 0.25) is 5.91 Å². The Morgan fingerprint density at radius 1 is 1.30 bits per heavy atom. The third-order valence-corrected chi connectivity index (χ3v) is 4.07. The maximum absolute atomic E-state index is 12.9.